The van der Waals surface area contributed by atoms with Crippen molar-refractivity contribution in [1.82, 2.24) is 4.90 Å². The number of halogens is 4. The van der Waals surface area contributed by atoms with Crippen molar-refractivity contribution in [2.75, 3.05) is 26.2 Å². The third kappa shape index (κ3) is 5.91. The molecule has 0 aromatic heterocycles. The van der Waals surface area contributed by atoms with Gasteiger partial charge in [-0.1, -0.05) is 0 Å². The van der Waals surface area contributed by atoms with Crippen molar-refractivity contribution in [3.63, 3.8) is 0 Å². The summed E-state index contributed by atoms with van der Waals surface area (Å²) in [5.74, 6) is -0.624. The lowest BCUT2D eigenvalue weighted by Gasteiger charge is -2.29. The van der Waals surface area contributed by atoms with Crippen LogP contribution in [0.25, 0.3) is 0 Å². The number of likely N-dealkylation sites (tertiary alicyclic amines) is 1. The first-order valence-electron chi connectivity index (χ1n) is 7.11. The van der Waals surface area contributed by atoms with Crippen LogP contribution >= 0.6 is 12.4 Å². The molecule has 0 bridgehead atoms. The summed E-state index contributed by atoms with van der Waals surface area (Å²) in [7, 11) is 0. The molecule has 1 aliphatic heterocycles. The molecule has 0 saturated carbocycles. The first-order chi connectivity index (χ1) is 10.4. The molecule has 1 saturated heterocycles. The van der Waals surface area contributed by atoms with Crippen molar-refractivity contribution in [1.29, 1.82) is 0 Å². The third-order valence-electron chi connectivity index (χ3n) is 3.79. The Balaban J connectivity index is 0.00000264. The van der Waals surface area contributed by atoms with Crippen LogP contribution in [-0.4, -0.2) is 42.2 Å². The first-order valence-corrected chi connectivity index (χ1v) is 7.11. The van der Waals surface area contributed by atoms with Gasteiger partial charge in [0, 0.05) is 6.54 Å². The van der Waals surface area contributed by atoms with E-state index in [1.165, 1.54) is 12.1 Å². The fraction of sp³-hybridized carbons (Fsp3) is 0.533. The Kier molecular flexibility index (Phi) is 7.15. The molecular formula is C15H19ClF3NO3. The molecule has 1 aromatic carbocycles. The van der Waals surface area contributed by atoms with Gasteiger partial charge in [-0.2, -0.15) is 13.2 Å². The molecule has 1 aromatic rings. The zero-order valence-corrected chi connectivity index (χ0v) is 13.2. The summed E-state index contributed by atoms with van der Waals surface area (Å²) in [6.45, 7) is 2.40. The number of nitrogens with zero attached hydrogens (tertiary/aromatic N) is 1. The highest BCUT2D eigenvalue weighted by atomic mass is 35.5. The average molecular weight is 354 g/mol. The van der Waals surface area contributed by atoms with Crippen LogP contribution in [0.1, 0.15) is 18.4 Å². The Bertz CT molecular complexity index is 500. The van der Waals surface area contributed by atoms with Gasteiger partial charge in [-0.3, -0.25) is 9.69 Å². The summed E-state index contributed by atoms with van der Waals surface area (Å²) in [5.41, 5.74) is -0.699. The number of carbonyl (C=O) groups is 1. The number of carboxylic acids is 1. The maximum Gasteiger partial charge on any atom is 0.416 e. The number of ether oxygens (including phenoxy) is 1. The summed E-state index contributed by atoms with van der Waals surface area (Å²) in [6, 6.07) is 4.60. The number of piperidine rings is 1. The van der Waals surface area contributed by atoms with Crippen LogP contribution in [0.15, 0.2) is 24.3 Å². The second-order valence-corrected chi connectivity index (χ2v) is 5.32. The van der Waals surface area contributed by atoms with E-state index in [1.807, 2.05) is 0 Å². The molecule has 0 spiro atoms. The number of hydrogen-bond donors (Lipinski definition) is 1. The minimum Gasteiger partial charge on any atom is -0.492 e. The molecule has 2 rings (SSSR count). The van der Waals surface area contributed by atoms with Crippen molar-refractivity contribution in [3.05, 3.63) is 29.8 Å². The SMILES string of the molecule is Cl.O=C(O)C1CCN(CCOc2ccc(C(F)(F)F)cc2)CC1. The highest BCUT2D eigenvalue weighted by Gasteiger charge is 2.30. The summed E-state index contributed by atoms with van der Waals surface area (Å²) in [6.07, 6.45) is -3.10. The van der Waals surface area contributed by atoms with Gasteiger partial charge in [-0.15, -0.1) is 12.4 Å². The van der Waals surface area contributed by atoms with E-state index in [0.717, 1.165) is 12.1 Å². The Morgan fingerprint density at radius 1 is 1.22 bits per heavy atom. The van der Waals surface area contributed by atoms with Gasteiger partial charge in [0.05, 0.1) is 11.5 Å². The lowest BCUT2D eigenvalue weighted by atomic mass is 9.97. The van der Waals surface area contributed by atoms with Crippen LogP contribution in [0.5, 0.6) is 5.75 Å². The fourth-order valence-electron chi connectivity index (χ4n) is 2.44. The molecule has 1 fully saturated rings. The molecular weight excluding hydrogens is 335 g/mol. The predicted molar refractivity (Wildman–Crippen MR) is 81.0 cm³/mol. The highest BCUT2D eigenvalue weighted by molar-refractivity contribution is 5.85. The smallest absolute Gasteiger partial charge is 0.416 e. The molecule has 23 heavy (non-hydrogen) atoms. The Labute approximate surface area is 138 Å². The maximum absolute atomic E-state index is 12.4. The normalized spacial score (nSPS) is 16.7. The van der Waals surface area contributed by atoms with E-state index in [4.69, 9.17) is 9.84 Å². The predicted octanol–water partition coefficient (Wildman–Crippen LogP) is 3.30. The van der Waals surface area contributed by atoms with Crippen LogP contribution in [0.2, 0.25) is 0 Å². The van der Waals surface area contributed by atoms with Gasteiger partial charge < -0.3 is 9.84 Å². The molecule has 0 atom stereocenters. The molecule has 0 radical (unpaired) electrons. The Morgan fingerprint density at radius 3 is 2.26 bits per heavy atom. The van der Waals surface area contributed by atoms with Gasteiger partial charge in [-0.25, -0.2) is 0 Å². The van der Waals surface area contributed by atoms with E-state index in [2.05, 4.69) is 4.90 Å². The standard InChI is InChI=1S/C15H18F3NO3.ClH/c16-15(17,18)12-1-3-13(4-2-12)22-10-9-19-7-5-11(6-8-19)14(20)21;/h1-4,11H,5-10H2,(H,20,21);1H. The van der Waals surface area contributed by atoms with E-state index in [1.54, 1.807) is 0 Å². The van der Waals surface area contributed by atoms with Crippen molar-refractivity contribution >= 4 is 18.4 Å². The van der Waals surface area contributed by atoms with Crippen molar-refractivity contribution < 1.29 is 27.8 Å². The van der Waals surface area contributed by atoms with Crippen molar-refractivity contribution in [3.8, 4) is 5.75 Å². The van der Waals surface area contributed by atoms with Crippen LogP contribution in [-0.2, 0) is 11.0 Å². The lowest BCUT2D eigenvalue weighted by Crippen LogP contribution is -2.38. The van der Waals surface area contributed by atoms with E-state index in [-0.39, 0.29) is 18.3 Å². The monoisotopic (exact) mass is 353 g/mol. The molecule has 1 aliphatic rings. The van der Waals surface area contributed by atoms with Crippen molar-refractivity contribution in [2.24, 2.45) is 5.92 Å². The van der Waals surface area contributed by atoms with Gasteiger partial charge in [0.15, 0.2) is 0 Å². The van der Waals surface area contributed by atoms with Gasteiger partial charge in [0.2, 0.25) is 0 Å². The zero-order valence-electron chi connectivity index (χ0n) is 12.4. The van der Waals surface area contributed by atoms with Gasteiger partial charge in [0.1, 0.15) is 12.4 Å². The summed E-state index contributed by atoms with van der Waals surface area (Å²) in [4.78, 5) is 12.9. The molecule has 4 nitrogen and oxygen atoms in total. The fourth-order valence-corrected chi connectivity index (χ4v) is 2.44. The zero-order chi connectivity index (χ0) is 16.2. The quantitative estimate of drug-likeness (QED) is 0.882. The minimum absolute atomic E-state index is 0. The molecule has 0 amide bonds. The largest absolute Gasteiger partial charge is 0.492 e. The summed E-state index contributed by atoms with van der Waals surface area (Å²) < 4.78 is 42.7. The minimum atomic E-state index is -4.34. The number of rotatable bonds is 5. The Morgan fingerprint density at radius 2 is 1.78 bits per heavy atom. The average Bonchev–Trinajstić information content (AvgIpc) is 2.47. The maximum atomic E-state index is 12.4. The molecule has 0 aliphatic carbocycles. The van der Waals surface area contributed by atoms with Crippen LogP contribution in [0, 0.1) is 5.92 Å². The van der Waals surface area contributed by atoms with Crippen LogP contribution in [0.3, 0.4) is 0 Å². The number of benzene rings is 1. The molecule has 1 N–H and O–H groups in total. The van der Waals surface area contributed by atoms with Crippen LogP contribution < -0.4 is 4.74 Å². The number of hydrogen-bond acceptors (Lipinski definition) is 3. The number of alkyl halides is 3. The number of aliphatic carboxylic acids is 1. The second kappa shape index (κ2) is 8.40. The van der Waals surface area contributed by atoms with E-state index < -0.39 is 17.7 Å². The topological polar surface area (TPSA) is 49.8 Å². The molecule has 130 valence electrons. The highest BCUT2D eigenvalue weighted by Crippen LogP contribution is 2.30. The van der Waals surface area contributed by atoms with Gasteiger partial charge in [0.25, 0.3) is 0 Å². The Hall–Kier alpha value is -1.47. The lowest BCUT2D eigenvalue weighted by molar-refractivity contribution is -0.143. The third-order valence-corrected chi connectivity index (χ3v) is 3.79. The first kappa shape index (κ1) is 19.6. The number of carboxylic acid groups (broad SMARTS) is 1. The summed E-state index contributed by atoms with van der Waals surface area (Å²) in [5, 5.41) is 8.91. The molecule has 0 unspecified atom stereocenters. The van der Waals surface area contributed by atoms with Crippen molar-refractivity contribution in [2.45, 2.75) is 19.0 Å². The molecule has 8 heteroatoms. The van der Waals surface area contributed by atoms with Crippen LogP contribution in [0.4, 0.5) is 13.2 Å². The summed E-state index contributed by atoms with van der Waals surface area (Å²) >= 11 is 0. The van der Waals surface area contributed by atoms with Gasteiger partial charge in [-0.05, 0) is 50.2 Å². The van der Waals surface area contributed by atoms with Gasteiger partial charge >= 0.3 is 12.1 Å². The second-order valence-electron chi connectivity index (χ2n) is 5.32. The van der Waals surface area contributed by atoms with E-state index >= 15 is 0 Å². The molecule has 1 heterocycles. The van der Waals surface area contributed by atoms with E-state index in [0.29, 0.717) is 44.8 Å². The van der Waals surface area contributed by atoms with E-state index in [9.17, 15) is 18.0 Å².